The molecule has 0 heterocycles. The van der Waals surface area contributed by atoms with Gasteiger partial charge in [-0.15, -0.1) is 0 Å². The van der Waals surface area contributed by atoms with Gasteiger partial charge in [0.15, 0.2) is 6.10 Å². The topological polar surface area (TPSA) is 26.3 Å². The molecule has 76 valence electrons. The lowest BCUT2D eigenvalue weighted by Crippen LogP contribution is -2.19. The third-order valence-electron chi connectivity index (χ3n) is 1.52. The van der Waals surface area contributed by atoms with Crippen LogP contribution in [0.4, 0.5) is 0 Å². The lowest BCUT2D eigenvalue weighted by molar-refractivity contribution is -0.117. The summed E-state index contributed by atoms with van der Waals surface area (Å²) in [6.07, 6.45) is -0.644. The van der Waals surface area contributed by atoms with Gasteiger partial charge in [0.25, 0.3) is 5.24 Å². The molecular formula is C9H7Br2ClO2. The van der Waals surface area contributed by atoms with Gasteiger partial charge in [-0.25, -0.2) is 0 Å². The molecule has 0 bridgehead atoms. The van der Waals surface area contributed by atoms with E-state index in [1.165, 1.54) is 0 Å². The highest BCUT2D eigenvalue weighted by Gasteiger charge is 2.13. The van der Waals surface area contributed by atoms with Crippen molar-refractivity contribution in [3.05, 3.63) is 27.1 Å². The summed E-state index contributed by atoms with van der Waals surface area (Å²) in [6, 6.07) is 5.41. The predicted molar refractivity (Wildman–Crippen MR) is 62.8 cm³/mol. The molecule has 0 unspecified atom stereocenters. The quantitative estimate of drug-likeness (QED) is 0.782. The van der Waals surface area contributed by atoms with Crippen molar-refractivity contribution in [2.24, 2.45) is 0 Å². The molecule has 0 aromatic heterocycles. The Balaban J connectivity index is 2.82. The number of carbonyl (C=O) groups is 1. The molecule has 0 N–H and O–H groups in total. The van der Waals surface area contributed by atoms with Crippen molar-refractivity contribution < 1.29 is 9.53 Å². The number of rotatable bonds is 3. The molecule has 1 aromatic carbocycles. The minimum Gasteiger partial charge on any atom is -0.480 e. The zero-order valence-corrected chi connectivity index (χ0v) is 11.2. The van der Waals surface area contributed by atoms with Crippen LogP contribution in [0.25, 0.3) is 0 Å². The van der Waals surface area contributed by atoms with Crippen molar-refractivity contribution in [3.8, 4) is 5.75 Å². The maximum absolute atomic E-state index is 10.7. The van der Waals surface area contributed by atoms with E-state index in [0.717, 1.165) is 8.95 Å². The summed E-state index contributed by atoms with van der Waals surface area (Å²) < 4.78 is 7.02. The average Bonchev–Trinajstić information content (AvgIpc) is 2.09. The molecular weight excluding hydrogens is 335 g/mol. The Hall–Kier alpha value is -0.0600. The highest BCUT2D eigenvalue weighted by Crippen LogP contribution is 2.29. The van der Waals surface area contributed by atoms with Gasteiger partial charge >= 0.3 is 0 Å². The van der Waals surface area contributed by atoms with Crippen LogP contribution in [0.1, 0.15) is 6.92 Å². The summed E-state index contributed by atoms with van der Waals surface area (Å²) in [5.41, 5.74) is 0. The zero-order chi connectivity index (χ0) is 10.7. The first-order valence-electron chi connectivity index (χ1n) is 3.81. The largest absolute Gasteiger partial charge is 0.480 e. The smallest absolute Gasteiger partial charge is 0.262 e. The van der Waals surface area contributed by atoms with E-state index >= 15 is 0 Å². The lowest BCUT2D eigenvalue weighted by Gasteiger charge is -2.11. The summed E-state index contributed by atoms with van der Waals surface area (Å²) in [5.74, 6) is 0.592. The summed E-state index contributed by atoms with van der Waals surface area (Å²) >= 11 is 11.9. The molecule has 2 nitrogen and oxygen atoms in total. The van der Waals surface area contributed by atoms with E-state index in [1.807, 2.05) is 12.1 Å². The fourth-order valence-corrected chi connectivity index (χ4v) is 1.99. The van der Waals surface area contributed by atoms with Gasteiger partial charge in [0.05, 0.1) is 4.47 Å². The van der Waals surface area contributed by atoms with Gasteiger partial charge in [-0.1, -0.05) is 15.9 Å². The summed E-state index contributed by atoms with van der Waals surface area (Å²) in [7, 11) is 0. The SMILES string of the molecule is C[C@H](Oc1ccc(Br)cc1Br)C(=O)Cl. The maximum Gasteiger partial charge on any atom is 0.262 e. The zero-order valence-electron chi connectivity index (χ0n) is 7.26. The van der Waals surface area contributed by atoms with E-state index in [4.69, 9.17) is 16.3 Å². The van der Waals surface area contributed by atoms with Crippen LogP contribution in [0.5, 0.6) is 5.75 Å². The summed E-state index contributed by atoms with van der Waals surface area (Å²) in [5, 5.41) is -0.514. The highest BCUT2D eigenvalue weighted by atomic mass is 79.9. The third kappa shape index (κ3) is 3.26. The van der Waals surface area contributed by atoms with E-state index in [-0.39, 0.29) is 0 Å². The van der Waals surface area contributed by atoms with Crippen molar-refractivity contribution in [3.63, 3.8) is 0 Å². The maximum atomic E-state index is 10.7. The van der Waals surface area contributed by atoms with E-state index in [0.29, 0.717) is 5.75 Å². The van der Waals surface area contributed by atoms with Crippen molar-refractivity contribution in [2.75, 3.05) is 0 Å². The molecule has 5 heteroatoms. The average molecular weight is 342 g/mol. The Morgan fingerprint density at radius 1 is 1.50 bits per heavy atom. The Labute approximate surface area is 104 Å². The minimum absolute atomic E-state index is 0.514. The number of halogens is 3. The van der Waals surface area contributed by atoms with E-state index < -0.39 is 11.3 Å². The minimum atomic E-state index is -0.644. The molecule has 0 saturated heterocycles. The normalized spacial score (nSPS) is 12.3. The third-order valence-corrected chi connectivity index (χ3v) is 2.94. The van der Waals surface area contributed by atoms with Crippen LogP contribution in [0.15, 0.2) is 27.1 Å². The molecule has 1 rings (SSSR count). The second-order valence-electron chi connectivity index (χ2n) is 2.64. The first kappa shape index (κ1) is 12.0. The molecule has 0 amide bonds. The Kier molecular flexibility index (Phi) is 4.41. The van der Waals surface area contributed by atoms with Crippen molar-refractivity contribution in [1.29, 1.82) is 0 Å². The standard InChI is InChI=1S/C9H7Br2ClO2/c1-5(9(12)13)14-8-3-2-6(10)4-7(8)11/h2-5H,1H3/t5-/m0/s1. The van der Waals surface area contributed by atoms with Crippen LogP contribution >= 0.6 is 43.5 Å². The van der Waals surface area contributed by atoms with Gasteiger partial charge in [-0.3, -0.25) is 4.79 Å². The second kappa shape index (κ2) is 5.14. The van der Waals surface area contributed by atoms with Gasteiger partial charge in [0, 0.05) is 4.47 Å². The van der Waals surface area contributed by atoms with Gasteiger partial charge in [-0.2, -0.15) is 0 Å². The van der Waals surface area contributed by atoms with Crippen LogP contribution in [-0.2, 0) is 4.79 Å². The van der Waals surface area contributed by atoms with Gasteiger partial charge in [0.1, 0.15) is 5.75 Å². The molecule has 14 heavy (non-hydrogen) atoms. The summed E-state index contributed by atoms with van der Waals surface area (Å²) in [6.45, 7) is 1.60. The first-order valence-corrected chi connectivity index (χ1v) is 5.78. The Bertz CT molecular complexity index is 355. The molecule has 0 aliphatic heterocycles. The van der Waals surface area contributed by atoms with Crippen molar-refractivity contribution >= 4 is 48.7 Å². The fraction of sp³-hybridized carbons (Fsp3) is 0.222. The molecule has 0 saturated carbocycles. The van der Waals surface area contributed by atoms with Crippen molar-refractivity contribution in [1.82, 2.24) is 0 Å². The van der Waals surface area contributed by atoms with Crippen LogP contribution in [0.2, 0.25) is 0 Å². The number of hydrogen-bond acceptors (Lipinski definition) is 2. The van der Waals surface area contributed by atoms with E-state index in [1.54, 1.807) is 13.0 Å². The van der Waals surface area contributed by atoms with E-state index in [9.17, 15) is 4.79 Å². The molecule has 0 spiro atoms. The lowest BCUT2D eigenvalue weighted by atomic mass is 10.3. The van der Waals surface area contributed by atoms with Gasteiger partial charge in [-0.05, 0) is 52.7 Å². The molecule has 1 aromatic rings. The number of ether oxygens (including phenoxy) is 1. The number of hydrogen-bond donors (Lipinski definition) is 0. The second-order valence-corrected chi connectivity index (χ2v) is 4.78. The first-order chi connectivity index (χ1) is 6.50. The van der Waals surface area contributed by atoms with Crippen LogP contribution < -0.4 is 4.74 Å². The van der Waals surface area contributed by atoms with Crippen LogP contribution in [0.3, 0.4) is 0 Å². The van der Waals surface area contributed by atoms with Crippen molar-refractivity contribution in [2.45, 2.75) is 13.0 Å². The number of carbonyl (C=O) groups excluding carboxylic acids is 1. The highest BCUT2D eigenvalue weighted by molar-refractivity contribution is 9.11. The number of benzene rings is 1. The predicted octanol–water partition coefficient (Wildman–Crippen LogP) is 3.74. The van der Waals surface area contributed by atoms with Gasteiger partial charge < -0.3 is 4.74 Å². The van der Waals surface area contributed by atoms with Crippen LogP contribution in [-0.4, -0.2) is 11.3 Å². The Morgan fingerprint density at radius 2 is 2.14 bits per heavy atom. The monoisotopic (exact) mass is 340 g/mol. The summed E-state index contributed by atoms with van der Waals surface area (Å²) in [4.78, 5) is 10.7. The molecule has 0 aliphatic carbocycles. The Morgan fingerprint density at radius 3 is 2.64 bits per heavy atom. The van der Waals surface area contributed by atoms with Crippen LogP contribution in [0, 0.1) is 0 Å². The fourth-order valence-electron chi connectivity index (χ4n) is 0.808. The molecule has 1 atom stereocenters. The molecule has 0 fully saturated rings. The van der Waals surface area contributed by atoms with Gasteiger partial charge in [0.2, 0.25) is 0 Å². The van der Waals surface area contributed by atoms with E-state index in [2.05, 4.69) is 31.9 Å². The molecule has 0 aliphatic rings. The molecule has 0 radical (unpaired) electrons.